The minimum absolute atomic E-state index is 0.130. The van der Waals surface area contributed by atoms with E-state index in [9.17, 15) is 14.4 Å². The maximum atomic E-state index is 12.6. The maximum Gasteiger partial charge on any atom is 0.515 e. The van der Waals surface area contributed by atoms with Crippen molar-refractivity contribution in [3.05, 3.63) is 59.8 Å². The number of hydrogen-bond donors (Lipinski definition) is 4. The number of carbonyl (C=O) groups is 3. The molecule has 1 aromatic heterocycles. The molecule has 0 fully saturated rings. The average molecular weight is 488 g/mol. The van der Waals surface area contributed by atoms with E-state index in [1.54, 1.807) is 36.4 Å². The molecule has 13 heteroatoms. The Hall–Kier alpha value is -3.86. The second-order valence-corrected chi connectivity index (χ2v) is 7.42. The minimum Gasteiger partial charge on any atom is -0.429 e. The Labute approximate surface area is 194 Å². The Morgan fingerprint density at radius 1 is 0.941 bits per heavy atom. The van der Waals surface area contributed by atoms with Crippen LogP contribution in [0.25, 0.3) is 11.0 Å². The number of nitrogens with one attached hydrogen (secondary N) is 2. The summed E-state index contributed by atoms with van der Waals surface area (Å²) in [5, 5.41) is 5.12. The van der Waals surface area contributed by atoms with Crippen LogP contribution < -0.4 is 19.9 Å². The standard InChI is InChI=1S/C21H21N4O8P/c1-13(26)22-10-11-23-19(27)18-20(25-17-5-3-2-4-16(17)24-18)32-21(28)31-12-14-6-8-15(9-7-14)33-34(29)30/h2-9,29-30H,10-12H2,1H3,(H,22,26)(H,23,27). The quantitative estimate of drug-likeness (QED) is 0.198. The van der Waals surface area contributed by atoms with Crippen LogP contribution in [0, 0.1) is 0 Å². The highest BCUT2D eigenvalue weighted by molar-refractivity contribution is 7.39. The second kappa shape index (κ2) is 11.8. The molecule has 2 aromatic carbocycles. The van der Waals surface area contributed by atoms with Crippen molar-refractivity contribution in [2.75, 3.05) is 13.1 Å². The van der Waals surface area contributed by atoms with Crippen molar-refractivity contribution in [3.8, 4) is 11.6 Å². The van der Waals surface area contributed by atoms with Crippen molar-refractivity contribution in [2.24, 2.45) is 0 Å². The Bertz CT molecular complexity index is 1170. The minimum atomic E-state index is -2.53. The first-order valence-electron chi connectivity index (χ1n) is 9.90. The van der Waals surface area contributed by atoms with Gasteiger partial charge < -0.3 is 34.4 Å². The predicted molar refractivity (Wildman–Crippen MR) is 120 cm³/mol. The van der Waals surface area contributed by atoms with Gasteiger partial charge in [-0.2, -0.15) is 0 Å². The number of para-hydroxylation sites is 2. The summed E-state index contributed by atoms with van der Waals surface area (Å²) in [6, 6.07) is 12.8. The van der Waals surface area contributed by atoms with Gasteiger partial charge in [-0.05, 0) is 29.8 Å². The van der Waals surface area contributed by atoms with E-state index in [-0.39, 0.29) is 42.9 Å². The smallest absolute Gasteiger partial charge is 0.429 e. The zero-order valence-electron chi connectivity index (χ0n) is 17.9. The van der Waals surface area contributed by atoms with Crippen molar-refractivity contribution in [3.63, 3.8) is 0 Å². The highest BCUT2D eigenvalue weighted by atomic mass is 31.2. The summed E-state index contributed by atoms with van der Waals surface area (Å²) >= 11 is 0. The van der Waals surface area contributed by atoms with E-state index in [0.29, 0.717) is 16.6 Å². The number of rotatable bonds is 9. The van der Waals surface area contributed by atoms with Crippen molar-refractivity contribution in [1.82, 2.24) is 20.6 Å². The van der Waals surface area contributed by atoms with Crippen LogP contribution in [-0.4, -0.2) is 50.8 Å². The number of amides is 2. The lowest BCUT2D eigenvalue weighted by Crippen LogP contribution is -2.34. The Balaban J connectivity index is 1.68. The van der Waals surface area contributed by atoms with Crippen molar-refractivity contribution >= 4 is 37.6 Å². The summed E-state index contributed by atoms with van der Waals surface area (Å²) in [5.41, 5.74) is 1.19. The Kier molecular flexibility index (Phi) is 8.63. The summed E-state index contributed by atoms with van der Waals surface area (Å²) in [6.45, 7) is 1.54. The molecule has 0 aliphatic rings. The van der Waals surface area contributed by atoms with Crippen LogP contribution in [0.4, 0.5) is 4.79 Å². The molecule has 3 aromatic rings. The van der Waals surface area contributed by atoms with Crippen LogP contribution in [0.3, 0.4) is 0 Å². The highest BCUT2D eigenvalue weighted by Crippen LogP contribution is 2.28. The van der Waals surface area contributed by atoms with Crippen molar-refractivity contribution in [2.45, 2.75) is 13.5 Å². The lowest BCUT2D eigenvalue weighted by molar-refractivity contribution is -0.118. The zero-order valence-corrected chi connectivity index (χ0v) is 18.8. The molecule has 2 amide bonds. The number of hydrogen-bond acceptors (Lipinski definition) is 10. The lowest BCUT2D eigenvalue weighted by atomic mass is 10.2. The fourth-order valence-corrected chi connectivity index (χ4v) is 3.00. The summed E-state index contributed by atoms with van der Waals surface area (Å²) in [7, 11) is -2.53. The van der Waals surface area contributed by atoms with Crippen LogP contribution >= 0.6 is 8.60 Å². The highest BCUT2D eigenvalue weighted by Gasteiger charge is 2.21. The topological polar surface area (TPSA) is 169 Å². The second-order valence-electron chi connectivity index (χ2n) is 6.73. The number of aromatic nitrogens is 2. The molecule has 0 spiro atoms. The first-order chi connectivity index (χ1) is 16.3. The number of ether oxygens (including phenoxy) is 2. The molecule has 0 unspecified atom stereocenters. The lowest BCUT2D eigenvalue weighted by Gasteiger charge is -2.11. The Morgan fingerprint density at radius 2 is 1.59 bits per heavy atom. The van der Waals surface area contributed by atoms with Gasteiger partial charge >= 0.3 is 14.8 Å². The van der Waals surface area contributed by atoms with Gasteiger partial charge in [0.25, 0.3) is 11.8 Å². The molecule has 12 nitrogen and oxygen atoms in total. The van der Waals surface area contributed by atoms with Gasteiger partial charge in [-0.3, -0.25) is 9.59 Å². The molecule has 4 N–H and O–H groups in total. The SMILES string of the molecule is CC(=O)NCCNC(=O)c1nc2ccccc2nc1OC(=O)OCc1ccc(OP(O)O)cc1. The number of nitrogens with zero attached hydrogens (tertiary/aromatic N) is 2. The van der Waals surface area contributed by atoms with Gasteiger partial charge in [-0.15, -0.1) is 0 Å². The van der Waals surface area contributed by atoms with Gasteiger partial charge in [0.2, 0.25) is 5.91 Å². The Morgan fingerprint density at radius 3 is 2.24 bits per heavy atom. The molecular weight excluding hydrogens is 467 g/mol. The molecule has 0 radical (unpaired) electrons. The molecule has 3 rings (SSSR count). The van der Waals surface area contributed by atoms with Gasteiger partial charge in [-0.1, -0.05) is 24.3 Å². The molecule has 0 aliphatic heterocycles. The number of benzene rings is 2. The van der Waals surface area contributed by atoms with E-state index < -0.39 is 20.7 Å². The molecule has 0 saturated carbocycles. The summed E-state index contributed by atoms with van der Waals surface area (Å²) in [6.07, 6.45) is -1.11. The fraction of sp³-hybridized carbons (Fsp3) is 0.190. The average Bonchev–Trinajstić information content (AvgIpc) is 2.80. The third-order valence-electron chi connectivity index (χ3n) is 4.19. The van der Waals surface area contributed by atoms with Crippen LogP contribution in [0.15, 0.2) is 48.5 Å². The normalized spacial score (nSPS) is 10.6. The summed E-state index contributed by atoms with van der Waals surface area (Å²) in [4.78, 5) is 62.0. The number of carbonyl (C=O) groups excluding carboxylic acids is 3. The largest absolute Gasteiger partial charge is 0.515 e. The molecule has 0 saturated heterocycles. The third-order valence-corrected chi connectivity index (χ3v) is 4.56. The van der Waals surface area contributed by atoms with Gasteiger partial charge in [0.05, 0.1) is 11.0 Å². The molecule has 0 atom stereocenters. The van der Waals surface area contributed by atoms with Crippen LogP contribution in [0.2, 0.25) is 0 Å². The van der Waals surface area contributed by atoms with Crippen molar-refractivity contribution in [1.29, 1.82) is 0 Å². The van der Waals surface area contributed by atoms with Gasteiger partial charge in [0.1, 0.15) is 12.4 Å². The van der Waals surface area contributed by atoms with E-state index in [1.165, 1.54) is 19.1 Å². The summed E-state index contributed by atoms with van der Waals surface area (Å²) in [5.74, 6) is -0.970. The molecule has 0 bridgehead atoms. The van der Waals surface area contributed by atoms with E-state index in [2.05, 4.69) is 20.6 Å². The first-order valence-corrected chi connectivity index (χ1v) is 11.1. The van der Waals surface area contributed by atoms with Crippen LogP contribution in [0.5, 0.6) is 11.6 Å². The van der Waals surface area contributed by atoms with Gasteiger partial charge in [-0.25, -0.2) is 14.8 Å². The van der Waals surface area contributed by atoms with E-state index in [1.807, 2.05) is 0 Å². The molecule has 1 heterocycles. The number of fused-ring (bicyclic) bond motifs is 1. The maximum absolute atomic E-state index is 12.6. The van der Waals surface area contributed by atoms with Gasteiger partial charge in [0, 0.05) is 20.0 Å². The van der Waals surface area contributed by atoms with Crippen LogP contribution in [0.1, 0.15) is 23.0 Å². The van der Waals surface area contributed by atoms with E-state index >= 15 is 0 Å². The zero-order chi connectivity index (χ0) is 24.5. The third kappa shape index (κ3) is 7.34. The van der Waals surface area contributed by atoms with Gasteiger partial charge in [0.15, 0.2) is 5.69 Å². The van der Waals surface area contributed by atoms with E-state index in [4.69, 9.17) is 23.8 Å². The van der Waals surface area contributed by atoms with Crippen LogP contribution in [-0.2, 0) is 16.1 Å². The molecule has 178 valence electrons. The molecular formula is C21H21N4O8P. The summed E-state index contributed by atoms with van der Waals surface area (Å²) < 4.78 is 15.0. The first kappa shape index (κ1) is 24.8. The molecule has 34 heavy (non-hydrogen) atoms. The monoisotopic (exact) mass is 488 g/mol. The predicted octanol–water partition coefficient (Wildman–Crippen LogP) is 1.80. The van der Waals surface area contributed by atoms with Crippen molar-refractivity contribution < 1.29 is 38.2 Å². The fourth-order valence-electron chi connectivity index (χ4n) is 2.69. The molecule has 0 aliphatic carbocycles. The van der Waals surface area contributed by atoms with E-state index in [0.717, 1.165) is 0 Å².